The van der Waals surface area contributed by atoms with Crippen LogP contribution in [0.2, 0.25) is 0 Å². The van der Waals surface area contributed by atoms with Gasteiger partial charge in [-0.15, -0.1) is 0 Å². The van der Waals surface area contributed by atoms with Gasteiger partial charge in [-0.3, -0.25) is 0 Å². The summed E-state index contributed by atoms with van der Waals surface area (Å²) >= 11 is 0. The van der Waals surface area contributed by atoms with Crippen molar-refractivity contribution in [1.29, 1.82) is 0 Å². The van der Waals surface area contributed by atoms with Crippen LogP contribution < -0.4 is 0 Å². The number of rotatable bonds is 8. The molecule has 2 aliphatic carbocycles. The number of aryl methyl sites for hydroxylation is 1. The minimum atomic E-state index is -0.387. The van der Waals surface area contributed by atoms with E-state index in [1.54, 1.807) is 0 Å². The fraction of sp³-hybridized carbons (Fsp3) is 0.113. The van der Waals surface area contributed by atoms with E-state index >= 15 is 0 Å². The van der Waals surface area contributed by atoms with E-state index in [9.17, 15) is 0 Å². The summed E-state index contributed by atoms with van der Waals surface area (Å²) < 4.78 is 0. The van der Waals surface area contributed by atoms with Crippen LogP contribution in [0.15, 0.2) is 200 Å². The second-order valence-electron chi connectivity index (χ2n) is 17.1. The van der Waals surface area contributed by atoms with E-state index in [4.69, 9.17) is 15.0 Å². The van der Waals surface area contributed by atoms with Crippen LogP contribution in [0, 0.1) is 6.92 Å². The van der Waals surface area contributed by atoms with Gasteiger partial charge in [-0.05, 0) is 128 Å². The van der Waals surface area contributed by atoms with Gasteiger partial charge in [0.05, 0.1) is 5.41 Å². The predicted octanol–water partition coefficient (Wildman–Crippen LogP) is 16.2. The molecule has 11 rings (SSSR count). The first kappa shape index (κ1) is 40.1. The Bertz CT molecular complexity index is 3430. The van der Waals surface area contributed by atoms with Crippen molar-refractivity contribution < 1.29 is 0 Å². The van der Waals surface area contributed by atoms with Crippen LogP contribution in [0.5, 0.6) is 0 Å². The molecule has 3 nitrogen and oxygen atoms in total. The summed E-state index contributed by atoms with van der Waals surface area (Å²) in [5.74, 6) is 1.95. The van der Waals surface area contributed by atoms with Gasteiger partial charge in [0.1, 0.15) is 0 Å². The summed E-state index contributed by atoms with van der Waals surface area (Å²) in [6, 6.07) is 63.9. The first-order chi connectivity index (χ1) is 32.0. The molecule has 0 bridgehead atoms. The molecule has 1 aromatic heterocycles. The average molecular weight is 836 g/mol. The van der Waals surface area contributed by atoms with Gasteiger partial charge in [0.2, 0.25) is 0 Å². The monoisotopic (exact) mass is 835 g/mol. The number of benzene rings is 8. The van der Waals surface area contributed by atoms with Gasteiger partial charge in [0.15, 0.2) is 17.5 Å². The molecule has 65 heavy (non-hydrogen) atoms. The van der Waals surface area contributed by atoms with Gasteiger partial charge >= 0.3 is 0 Å². The first-order valence-corrected chi connectivity index (χ1v) is 23.0. The number of hydrogen-bond acceptors (Lipinski definition) is 3. The number of aromatic nitrogens is 3. The van der Waals surface area contributed by atoms with Crippen LogP contribution in [-0.4, -0.2) is 15.0 Å². The second-order valence-corrected chi connectivity index (χ2v) is 17.1. The zero-order valence-corrected chi connectivity index (χ0v) is 37.3. The molecular formula is C62H49N3. The summed E-state index contributed by atoms with van der Waals surface area (Å²) in [5, 5.41) is 2.26. The van der Waals surface area contributed by atoms with Crippen molar-refractivity contribution in [2.45, 2.75) is 46.0 Å². The van der Waals surface area contributed by atoms with Crippen molar-refractivity contribution in [2.24, 2.45) is 0 Å². The molecule has 1 unspecified atom stereocenters. The summed E-state index contributed by atoms with van der Waals surface area (Å²) in [5.41, 5.74) is 20.2. The van der Waals surface area contributed by atoms with Crippen LogP contribution >= 0.6 is 0 Å². The molecule has 8 aromatic carbocycles. The van der Waals surface area contributed by atoms with E-state index in [1.165, 1.54) is 61.2 Å². The molecule has 0 saturated heterocycles. The van der Waals surface area contributed by atoms with Crippen molar-refractivity contribution in [3.05, 3.63) is 233 Å². The topological polar surface area (TPSA) is 38.7 Å². The summed E-state index contributed by atoms with van der Waals surface area (Å²) in [7, 11) is 0. The molecule has 1 heterocycles. The molecule has 0 amide bonds. The zero-order valence-electron chi connectivity index (χ0n) is 37.3. The average Bonchev–Trinajstić information content (AvgIpc) is 3.82. The van der Waals surface area contributed by atoms with E-state index in [2.05, 4.69) is 228 Å². The Hall–Kier alpha value is -7.75. The highest BCUT2D eigenvalue weighted by molar-refractivity contribution is 6.03. The third-order valence-electron chi connectivity index (χ3n) is 13.5. The largest absolute Gasteiger partial charge is 0.208 e. The quantitative estimate of drug-likeness (QED) is 0.153. The Balaban J connectivity index is 1.06. The van der Waals surface area contributed by atoms with E-state index in [1.807, 2.05) is 0 Å². The van der Waals surface area contributed by atoms with Gasteiger partial charge in [-0.25, -0.2) is 15.0 Å². The predicted molar refractivity (Wildman–Crippen MR) is 272 cm³/mol. The fourth-order valence-corrected chi connectivity index (χ4v) is 10.7. The summed E-state index contributed by atoms with van der Waals surface area (Å²) in [6.45, 7) is 8.75. The maximum Gasteiger partial charge on any atom is 0.164 e. The van der Waals surface area contributed by atoms with E-state index < -0.39 is 0 Å². The highest BCUT2D eigenvalue weighted by Crippen LogP contribution is 2.65. The Morgan fingerprint density at radius 3 is 1.82 bits per heavy atom. The van der Waals surface area contributed by atoms with Crippen LogP contribution in [-0.2, 0) is 5.41 Å². The summed E-state index contributed by atoms with van der Waals surface area (Å²) in [4.78, 5) is 15.8. The van der Waals surface area contributed by atoms with Crippen LogP contribution in [0.1, 0.15) is 67.0 Å². The number of fused-ring (bicyclic) bond motifs is 8. The lowest BCUT2D eigenvalue weighted by atomic mass is 9.70. The number of allylic oxidation sites excluding steroid dienone is 5. The van der Waals surface area contributed by atoms with E-state index in [-0.39, 0.29) is 5.41 Å². The van der Waals surface area contributed by atoms with Gasteiger partial charge < -0.3 is 0 Å². The Kier molecular flexibility index (Phi) is 10.1. The third kappa shape index (κ3) is 6.45. The zero-order chi connectivity index (χ0) is 44.1. The van der Waals surface area contributed by atoms with Gasteiger partial charge in [-0.2, -0.15) is 0 Å². The van der Waals surface area contributed by atoms with Crippen molar-refractivity contribution in [1.82, 2.24) is 15.0 Å². The fourth-order valence-electron chi connectivity index (χ4n) is 10.7. The van der Waals surface area contributed by atoms with Crippen LogP contribution in [0.3, 0.4) is 0 Å². The number of nitrogens with zero attached hydrogens (tertiary/aromatic N) is 3. The molecule has 0 radical (unpaired) electrons. The highest BCUT2D eigenvalue weighted by Gasteiger charge is 2.53. The van der Waals surface area contributed by atoms with Crippen molar-refractivity contribution in [3.8, 4) is 67.5 Å². The maximum atomic E-state index is 5.27. The lowest BCUT2D eigenvalue weighted by Crippen LogP contribution is -2.26. The Morgan fingerprint density at radius 2 is 1.03 bits per heavy atom. The molecule has 1 spiro atoms. The molecule has 0 N–H and O–H groups in total. The molecule has 1 atom stereocenters. The van der Waals surface area contributed by atoms with Crippen LogP contribution in [0.25, 0.3) is 90.0 Å². The molecular weight excluding hydrogens is 787 g/mol. The van der Waals surface area contributed by atoms with Gasteiger partial charge in [0, 0.05) is 16.7 Å². The first-order valence-electron chi connectivity index (χ1n) is 23.0. The summed E-state index contributed by atoms with van der Waals surface area (Å²) in [6.07, 6.45) is 11.1. The molecule has 0 saturated carbocycles. The SMILES string of the molecule is C/C=C1\C(=C/CC)C2(c3ccccc31)c1ccccc1-c1c(-c3cccc(-c4cccc(-c5nc(-c6cccc(C)c6/C=C\CC)nc(-c6cccc7ccccc67)n5)c4)c3)cccc12. The lowest BCUT2D eigenvalue weighted by Gasteiger charge is -2.31. The van der Waals surface area contributed by atoms with Gasteiger partial charge in [0.25, 0.3) is 0 Å². The Labute approximate surface area is 382 Å². The third-order valence-corrected chi connectivity index (χ3v) is 13.5. The van der Waals surface area contributed by atoms with Crippen molar-refractivity contribution in [2.75, 3.05) is 0 Å². The standard InChI is InChI=1S/C62H49N3/c1-5-8-28-47-40(4)21-15-33-51(47)60-63-59(64-61(65-60)52-34-18-23-41-22-9-10-29-48(41)52)45-27-17-25-43(39-45)42-24-16-26-44(38-42)49-32-19-37-57-58(49)53-31-12-14-36-56(53)62(57)54(20-6-2)46(7-3)50-30-11-13-35-55(50)62/h7-39H,5-6H2,1-4H3/b28-8-,46-7-,54-20+. The van der Waals surface area contributed by atoms with Crippen LogP contribution in [0.4, 0.5) is 0 Å². The Morgan fingerprint density at radius 1 is 0.477 bits per heavy atom. The molecule has 9 aromatic rings. The highest BCUT2D eigenvalue weighted by atomic mass is 15.0. The maximum absolute atomic E-state index is 5.27. The van der Waals surface area contributed by atoms with Crippen molar-refractivity contribution >= 4 is 22.4 Å². The van der Waals surface area contributed by atoms with E-state index in [0.717, 1.165) is 57.0 Å². The second kappa shape index (κ2) is 16.4. The smallest absolute Gasteiger partial charge is 0.164 e. The van der Waals surface area contributed by atoms with E-state index in [0.29, 0.717) is 17.5 Å². The normalized spacial score (nSPS) is 16.2. The number of hydrogen-bond donors (Lipinski definition) is 0. The molecule has 312 valence electrons. The molecule has 0 aliphatic heterocycles. The van der Waals surface area contributed by atoms with Gasteiger partial charge in [-0.1, -0.05) is 202 Å². The molecule has 2 aliphatic rings. The minimum Gasteiger partial charge on any atom is -0.208 e. The minimum absolute atomic E-state index is 0.387. The molecule has 0 fully saturated rings. The molecule has 3 heteroatoms. The van der Waals surface area contributed by atoms with Crippen molar-refractivity contribution in [3.63, 3.8) is 0 Å². The lowest BCUT2D eigenvalue weighted by molar-refractivity contribution is 0.789.